The summed E-state index contributed by atoms with van der Waals surface area (Å²) in [4.78, 5) is 15.8. The Morgan fingerprint density at radius 1 is 1.41 bits per heavy atom. The lowest BCUT2D eigenvalue weighted by molar-refractivity contribution is -0.138. The summed E-state index contributed by atoms with van der Waals surface area (Å²) >= 11 is 5.73. The molecule has 0 spiro atoms. The van der Waals surface area contributed by atoms with Gasteiger partial charge in [0.25, 0.3) is 0 Å². The van der Waals surface area contributed by atoms with Gasteiger partial charge in [-0.05, 0) is 25.0 Å². The SMILES string of the molecule is CCCN/C(NCc1ccc(Cl)nc1)=C(/C#N)C(=O)OCC. The molecule has 0 bridgehead atoms. The quantitative estimate of drug-likeness (QED) is 0.330. The van der Waals surface area contributed by atoms with E-state index >= 15 is 0 Å². The molecule has 0 saturated heterocycles. The molecule has 0 radical (unpaired) electrons. The summed E-state index contributed by atoms with van der Waals surface area (Å²) in [7, 11) is 0. The Balaban J connectivity index is 2.88. The summed E-state index contributed by atoms with van der Waals surface area (Å²) in [6.07, 6.45) is 2.48. The van der Waals surface area contributed by atoms with Gasteiger partial charge in [-0.1, -0.05) is 24.6 Å². The average molecular weight is 323 g/mol. The molecule has 0 atom stereocenters. The number of aromatic nitrogens is 1. The fourth-order valence-corrected chi connectivity index (χ4v) is 1.71. The van der Waals surface area contributed by atoms with Crippen molar-refractivity contribution in [3.05, 3.63) is 40.4 Å². The van der Waals surface area contributed by atoms with Gasteiger partial charge < -0.3 is 15.4 Å². The largest absolute Gasteiger partial charge is 0.462 e. The molecule has 1 rings (SSSR count). The van der Waals surface area contributed by atoms with Gasteiger partial charge in [-0.2, -0.15) is 5.26 Å². The maximum absolute atomic E-state index is 11.8. The van der Waals surface area contributed by atoms with E-state index in [2.05, 4.69) is 15.6 Å². The lowest BCUT2D eigenvalue weighted by Gasteiger charge is -2.14. The first kappa shape index (κ1) is 17.8. The van der Waals surface area contributed by atoms with Crippen LogP contribution in [0.1, 0.15) is 25.8 Å². The number of nitrogens with one attached hydrogen (secondary N) is 2. The second-order valence-corrected chi connectivity index (χ2v) is 4.74. The van der Waals surface area contributed by atoms with Crippen LogP contribution >= 0.6 is 11.6 Å². The molecule has 0 unspecified atom stereocenters. The standard InChI is InChI=1S/C15H19ClN4O2/c1-3-7-18-14(12(8-17)15(21)22-4-2)20-10-11-5-6-13(16)19-9-11/h5-6,9,18,20H,3-4,7,10H2,1-2H3/b14-12+. The number of hydrogen-bond donors (Lipinski definition) is 2. The van der Waals surface area contributed by atoms with Gasteiger partial charge in [0.15, 0.2) is 5.57 Å². The van der Waals surface area contributed by atoms with Gasteiger partial charge in [0.2, 0.25) is 0 Å². The normalized spacial score (nSPS) is 11.2. The van der Waals surface area contributed by atoms with Gasteiger partial charge >= 0.3 is 5.97 Å². The summed E-state index contributed by atoms with van der Waals surface area (Å²) in [5.41, 5.74) is 0.804. The van der Waals surface area contributed by atoms with E-state index in [-0.39, 0.29) is 12.2 Å². The average Bonchev–Trinajstić information content (AvgIpc) is 2.52. The Hall–Kier alpha value is -2.26. The monoisotopic (exact) mass is 322 g/mol. The number of esters is 1. The highest BCUT2D eigenvalue weighted by Crippen LogP contribution is 2.07. The summed E-state index contributed by atoms with van der Waals surface area (Å²) in [6, 6.07) is 5.38. The summed E-state index contributed by atoms with van der Waals surface area (Å²) < 4.78 is 4.89. The van der Waals surface area contributed by atoms with Crippen LogP contribution in [0, 0.1) is 11.3 Å². The van der Waals surface area contributed by atoms with E-state index < -0.39 is 5.97 Å². The topological polar surface area (TPSA) is 87.0 Å². The molecule has 0 fully saturated rings. The number of pyridine rings is 1. The Bertz CT molecular complexity index is 564. The molecular weight excluding hydrogens is 304 g/mol. The third-order valence-corrected chi connectivity index (χ3v) is 2.87. The fraction of sp³-hybridized carbons (Fsp3) is 0.400. The Kier molecular flexibility index (Phi) is 7.79. The van der Waals surface area contributed by atoms with Crippen LogP contribution in [0.2, 0.25) is 5.15 Å². The minimum atomic E-state index is -0.648. The van der Waals surface area contributed by atoms with Gasteiger partial charge in [0.05, 0.1) is 6.61 Å². The molecule has 0 amide bonds. The molecule has 2 N–H and O–H groups in total. The Labute approximate surface area is 135 Å². The predicted molar refractivity (Wildman–Crippen MR) is 83.7 cm³/mol. The highest BCUT2D eigenvalue weighted by atomic mass is 35.5. The van der Waals surface area contributed by atoms with Crippen molar-refractivity contribution in [1.29, 1.82) is 5.26 Å². The molecular formula is C15H19ClN4O2. The third-order valence-electron chi connectivity index (χ3n) is 2.65. The lowest BCUT2D eigenvalue weighted by atomic mass is 10.2. The van der Waals surface area contributed by atoms with Crippen molar-refractivity contribution in [2.45, 2.75) is 26.8 Å². The van der Waals surface area contributed by atoms with Gasteiger partial charge in [-0.3, -0.25) is 0 Å². The molecule has 0 aromatic carbocycles. The summed E-state index contributed by atoms with van der Waals surface area (Å²) in [5, 5.41) is 15.7. The van der Waals surface area contributed by atoms with E-state index in [9.17, 15) is 10.1 Å². The molecule has 1 heterocycles. The van der Waals surface area contributed by atoms with Crippen molar-refractivity contribution in [2.24, 2.45) is 0 Å². The molecule has 0 saturated carbocycles. The van der Waals surface area contributed by atoms with E-state index in [1.807, 2.05) is 19.1 Å². The first-order valence-corrected chi connectivity index (χ1v) is 7.39. The molecule has 0 aliphatic heterocycles. The second kappa shape index (κ2) is 9.64. The number of rotatable bonds is 8. The molecule has 22 heavy (non-hydrogen) atoms. The first-order valence-electron chi connectivity index (χ1n) is 7.02. The van der Waals surface area contributed by atoms with Crippen molar-refractivity contribution >= 4 is 17.6 Å². The minimum absolute atomic E-state index is 0.0720. The number of halogens is 1. The molecule has 1 aromatic rings. The molecule has 7 heteroatoms. The van der Waals surface area contributed by atoms with Crippen molar-refractivity contribution in [1.82, 2.24) is 15.6 Å². The second-order valence-electron chi connectivity index (χ2n) is 4.35. The van der Waals surface area contributed by atoms with E-state index in [1.165, 1.54) is 0 Å². The molecule has 6 nitrogen and oxygen atoms in total. The van der Waals surface area contributed by atoms with Crippen LogP contribution in [0.15, 0.2) is 29.7 Å². The number of carbonyl (C=O) groups excluding carboxylic acids is 1. The molecule has 0 aliphatic carbocycles. The molecule has 0 aliphatic rings. The van der Waals surface area contributed by atoms with Crippen molar-refractivity contribution < 1.29 is 9.53 Å². The molecule has 118 valence electrons. The number of ether oxygens (including phenoxy) is 1. The number of nitrogens with zero attached hydrogens (tertiary/aromatic N) is 2. The number of nitriles is 1. The van der Waals surface area contributed by atoms with Crippen molar-refractivity contribution in [3.63, 3.8) is 0 Å². The van der Waals surface area contributed by atoms with Crippen LogP contribution in [0.3, 0.4) is 0 Å². The third kappa shape index (κ3) is 5.62. The highest BCUT2D eigenvalue weighted by molar-refractivity contribution is 6.29. The summed E-state index contributed by atoms with van der Waals surface area (Å²) in [5.74, 6) is -0.289. The highest BCUT2D eigenvalue weighted by Gasteiger charge is 2.16. The Morgan fingerprint density at radius 3 is 2.73 bits per heavy atom. The maximum Gasteiger partial charge on any atom is 0.352 e. The fourth-order valence-electron chi connectivity index (χ4n) is 1.60. The predicted octanol–water partition coefficient (Wildman–Crippen LogP) is 2.12. The number of carbonyl (C=O) groups is 1. The van der Waals surface area contributed by atoms with Crippen LogP contribution in [0.4, 0.5) is 0 Å². The summed E-state index contributed by atoms with van der Waals surface area (Å²) in [6.45, 7) is 4.93. The van der Waals surface area contributed by atoms with Crippen LogP contribution in [-0.4, -0.2) is 24.1 Å². The first-order chi connectivity index (χ1) is 10.6. The smallest absolute Gasteiger partial charge is 0.352 e. The van der Waals surface area contributed by atoms with E-state index in [0.29, 0.717) is 24.1 Å². The Morgan fingerprint density at radius 2 is 2.18 bits per heavy atom. The van der Waals surface area contributed by atoms with E-state index in [0.717, 1.165) is 12.0 Å². The van der Waals surface area contributed by atoms with Gasteiger partial charge in [-0.15, -0.1) is 0 Å². The van der Waals surface area contributed by atoms with E-state index in [1.54, 1.807) is 19.2 Å². The minimum Gasteiger partial charge on any atom is -0.462 e. The van der Waals surface area contributed by atoms with E-state index in [4.69, 9.17) is 16.3 Å². The van der Waals surface area contributed by atoms with Crippen LogP contribution < -0.4 is 10.6 Å². The van der Waals surface area contributed by atoms with Crippen LogP contribution in [0.25, 0.3) is 0 Å². The molecule has 1 aromatic heterocycles. The maximum atomic E-state index is 11.8. The van der Waals surface area contributed by atoms with Gasteiger partial charge in [0, 0.05) is 19.3 Å². The van der Waals surface area contributed by atoms with Crippen LogP contribution in [0.5, 0.6) is 0 Å². The zero-order chi connectivity index (χ0) is 16.4. The van der Waals surface area contributed by atoms with Gasteiger partial charge in [0.1, 0.15) is 17.0 Å². The number of hydrogen-bond acceptors (Lipinski definition) is 6. The zero-order valence-electron chi connectivity index (χ0n) is 12.6. The lowest BCUT2D eigenvalue weighted by Crippen LogP contribution is -2.30. The van der Waals surface area contributed by atoms with Crippen molar-refractivity contribution in [3.8, 4) is 6.07 Å². The van der Waals surface area contributed by atoms with Crippen LogP contribution in [-0.2, 0) is 16.1 Å². The van der Waals surface area contributed by atoms with Gasteiger partial charge in [-0.25, -0.2) is 9.78 Å². The van der Waals surface area contributed by atoms with Crippen molar-refractivity contribution in [2.75, 3.05) is 13.2 Å². The zero-order valence-corrected chi connectivity index (χ0v) is 13.4.